The van der Waals surface area contributed by atoms with E-state index in [2.05, 4.69) is 20.7 Å². The van der Waals surface area contributed by atoms with E-state index in [9.17, 15) is 13.2 Å². The van der Waals surface area contributed by atoms with E-state index in [1.807, 2.05) is 0 Å². The van der Waals surface area contributed by atoms with Crippen molar-refractivity contribution < 1.29 is 13.2 Å². The van der Waals surface area contributed by atoms with Gasteiger partial charge in [-0.05, 0) is 18.2 Å². The molecule has 0 aliphatic carbocycles. The molecule has 0 unspecified atom stereocenters. The highest BCUT2D eigenvalue weighted by Crippen LogP contribution is 2.37. The predicted octanol–water partition coefficient (Wildman–Crippen LogP) is 3.18. The first-order valence-corrected chi connectivity index (χ1v) is 5.70. The van der Waals surface area contributed by atoms with Gasteiger partial charge in [0.1, 0.15) is 18.0 Å². The first kappa shape index (κ1) is 14.4. The maximum atomic E-state index is 12.9. The number of rotatable bonds is 3. The Morgan fingerprint density at radius 2 is 1.80 bits per heavy atom. The molecule has 0 aliphatic heterocycles. The van der Waals surface area contributed by atoms with Crippen LogP contribution in [0.25, 0.3) is 0 Å². The zero-order chi connectivity index (χ0) is 14.8. The summed E-state index contributed by atoms with van der Waals surface area (Å²) in [5.74, 6) is 5.60. The van der Waals surface area contributed by atoms with Crippen LogP contribution in [0.1, 0.15) is 5.56 Å². The fraction of sp³-hybridized carbons (Fsp3) is 0.0909. The van der Waals surface area contributed by atoms with Gasteiger partial charge in [-0.15, -0.1) is 0 Å². The summed E-state index contributed by atoms with van der Waals surface area (Å²) in [6.45, 7) is 0. The molecule has 0 saturated heterocycles. The number of anilines is 3. The average molecular weight is 304 g/mol. The van der Waals surface area contributed by atoms with Crippen LogP contribution in [0.5, 0.6) is 0 Å². The normalized spacial score (nSPS) is 11.2. The molecule has 106 valence electrons. The van der Waals surface area contributed by atoms with E-state index in [0.717, 1.165) is 6.07 Å². The molecule has 0 bridgehead atoms. The molecule has 1 aromatic carbocycles. The molecule has 0 fully saturated rings. The number of alkyl halides is 3. The van der Waals surface area contributed by atoms with Gasteiger partial charge in [-0.2, -0.15) is 13.2 Å². The quantitative estimate of drug-likeness (QED) is 0.600. The predicted molar refractivity (Wildman–Crippen MR) is 69.6 cm³/mol. The minimum atomic E-state index is -4.53. The third-order valence-electron chi connectivity index (χ3n) is 2.36. The van der Waals surface area contributed by atoms with Gasteiger partial charge in [0.2, 0.25) is 0 Å². The summed E-state index contributed by atoms with van der Waals surface area (Å²) >= 11 is 5.59. The topological polar surface area (TPSA) is 75.9 Å². The molecule has 0 saturated carbocycles. The van der Waals surface area contributed by atoms with Crippen LogP contribution in [0.15, 0.2) is 30.6 Å². The van der Waals surface area contributed by atoms with Gasteiger partial charge in [0, 0.05) is 11.1 Å². The molecular weight excluding hydrogens is 295 g/mol. The van der Waals surface area contributed by atoms with Crippen molar-refractivity contribution in [1.29, 1.82) is 0 Å². The van der Waals surface area contributed by atoms with Crippen molar-refractivity contribution in [3.05, 3.63) is 41.2 Å². The van der Waals surface area contributed by atoms with E-state index in [1.165, 1.54) is 24.5 Å². The Bertz CT molecular complexity index is 617. The highest BCUT2D eigenvalue weighted by atomic mass is 35.5. The van der Waals surface area contributed by atoms with Gasteiger partial charge in [0.05, 0.1) is 11.3 Å². The molecule has 20 heavy (non-hydrogen) atoms. The average Bonchev–Trinajstić information content (AvgIpc) is 2.40. The van der Waals surface area contributed by atoms with Gasteiger partial charge in [0.25, 0.3) is 0 Å². The molecule has 1 heterocycles. The lowest BCUT2D eigenvalue weighted by Crippen LogP contribution is -2.11. The van der Waals surface area contributed by atoms with Gasteiger partial charge in [-0.1, -0.05) is 11.6 Å². The monoisotopic (exact) mass is 303 g/mol. The summed E-state index contributed by atoms with van der Waals surface area (Å²) in [5, 5.41) is 2.55. The Morgan fingerprint density at radius 1 is 1.10 bits per heavy atom. The molecule has 9 heteroatoms. The number of halogens is 4. The van der Waals surface area contributed by atoms with E-state index < -0.39 is 11.7 Å². The standard InChI is InChI=1S/C11H9ClF3N5/c12-6-1-2-8(7(3-6)11(13,14)15)19-9-4-10(20-16)18-5-17-9/h1-5H,16H2,(H2,17,18,19,20). The fourth-order valence-corrected chi connectivity index (χ4v) is 1.67. The fourth-order valence-electron chi connectivity index (χ4n) is 1.50. The van der Waals surface area contributed by atoms with E-state index in [1.54, 1.807) is 0 Å². The van der Waals surface area contributed by atoms with Crippen LogP contribution < -0.4 is 16.6 Å². The number of hydrogen-bond acceptors (Lipinski definition) is 5. The van der Waals surface area contributed by atoms with E-state index in [-0.39, 0.29) is 22.3 Å². The summed E-state index contributed by atoms with van der Waals surface area (Å²) in [6.07, 6.45) is -3.37. The number of hydrogen-bond donors (Lipinski definition) is 3. The van der Waals surface area contributed by atoms with Gasteiger partial charge in [0.15, 0.2) is 0 Å². The molecule has 2 rings (SSSR count). The Labute approximate surface area is 117 Å². The van der Waals surface area contributed by atoms with Crippen LogP contribution in [-0.2, 0) is 6.18 Å². The summed E-state index contributed by atoms with van der Waals surface area (Å²) < 4.78 is 38.7. The van der Waals surface area contributed by atoms with Crippen LogP contribution >= 0.6 is 11.6 Å². The second kappa shape index (κ2) is 5.51. The van der Waals surface area contributed by atoms with E-state index >= 15 is 0 Å². The maximum absolute atomic E-state index is 12.9. The zero-order valence-corrected chi connectivity index (χ0v) is 10.6. The number of hydrazine groups is 1. The minimum Gasteiger partial charge on any atom is -0.340 e. The van der Waals surface area contributed by atoms with Gasteiger partial charge in [-0.3, -0.25) is 0 Å². The number of nitrogen functional groups attached to an aromatic ring is 1. The summed E-state index contributed by atoms with van der Waals surface area (Å²) in [4.78, 5) is 7.56. The van der Waals surface area contributed by atoms with Crippen LogP contribution in [0, 0.1) is 0 Å². The van der Waals surface area contributed by atoms with E-state index in [4.69, 9.17) is 17.4 Å². The Morgan fingerprint density at radius 3 is 2.45 bits per heavy atom. The summed E-state index contributed by atoms with van der Waals surface area (Å²) in [6, 6.07) is 4.78. The molecule has 0 spiro atoms. The zero-order valence-electron chi connectivity index (χ0n) is 9.87. The molecule has 5 nitrogen and oxygen atoms in total. The first-order valence-electron chi connectivity index (χ1n) is 5.32. The third kappa shape index (κ3) is 3.28. The summed E-state index contributed by atoms with van der Waals surface area (Å²) in [7, 11) is 0. The third-order valence-corrected chi connectivity index (χ3v) is 2.60. The number of aromatic nitrogens is 2. The van der Waals surface area contributed by atoms with Gasteiger partial charge < -0.3 is 10.7 Å². The lowest BCUT2D eigenvalue weighted by Gasteiger charge is -2.14. The van der Waals surface area contributed by atoms with Crippen molar-refractivity contribution >= 4 is 28.9 Å². The Balaban J connectivity index is 2.38. The number of nitrogens with zero attached hydrogens (tertiary/aromatic N) is 2. The van der Waals surface area contributed by atoms with Crippen molar-refractivity contribution in [1.82, 2.24) is 9.97 Å². The minimum absolute atomic E-state index is 0.00474. The molecule has 4 N–H and O–H groups in total. The van der Waals surface area contributed by atoms with Gasteiger partial charge >= 0.3 is 6.18 Å². The van der Waals surface area contributed by atoms with Crippen molar-refractivity contribution in [2.45, 2.75) is 6.18 Å². The highest BCUT2D eigenvalue weighted by Gasteiger charge is 2.33. The van der Waals surface area contributed by atoms with E-state index in [0.29, 0.717) is 0 Å². The Hall–Kier alpha value is -2.06. The number of nitrogens with one attached hydrogen (secondary N) is 2. The lowest BCUT2D eigenvalue weighted by molar-refractivity contribution is -0.136. The molecular formula is C11H9ClF3N5. The SMILES string of the molecule is NNc1cc(Nc2ccc(Cl)cc2C(F)(F)F)ncn1. The van der Waals surface area contributed by atoms with Crippen molar-refractivity contribution in [3.63, 3.8) is 0 Å². The van der Waals surface area contributed by atoms with Crippen molar-refractivity contribution in [3.8, 4) is 0 Å². The molecule has 0 aliphatic rings. The van der Waals surface area contributed by atoms with Crippen LogP contribution in [-0.4, -0.2) is 9.97 Å². The molecule has 2 aromatic rings. The van der Waals surface area contributed by atoms with Gasteiger partial charge in [-0.25, -0.2) is 15.8 Å². The molecule has 1 aromatic heterocycles. The van der Waals surface area contributed by atoms with Crippen LogP contribution in [0.4, 0.5) is 30.5 Å². The van der Waals surface area contributed by atoms with Crippen molar-refractivity contribution in [2.75, 3.05) is 10.7 Å². The second-order valence-electron chi connectivity index (χ2n) is 3.75. The summed E-state index contributed by atoms with van der Waals surface area (Å²) in [5.41, 5.74) is 1.23. The number of nitrogens with two attached hydrogens (primary N) is 1. The Kier molecular flexibility index (Phi) is 3.96. The maximum Gasteiger partial charge on any atom is 0.418 e. The molecule has 0 atom stereocenters. The largest absolute Gasteiger partial charge is 0.418 e. The molecule has 0 amide bonds. The first-order chi connectivity index (χ1) is 9.40. The van der Waals surface area contributed by atoms with Crippen LogP contribution in [0.3, 0.4) is 0 Å². The van der Waals surface area contributed by atoms with Crippen LogP contribution in [0.2, 0.25) is 5.02 Å². The lowest BCUT2D eigenvalue weighted by atomic mass is 10.1. The number of benzene rings is 1. The smallest absolute Gasteiger partial charge is 0.340 e. The second-order valence-corrected chi connectivity index (χ2v) is 4.18. The molecule has 0 radical (unpaired) electrons. The highest BCUT2D eigenvalue weighted by molar-refractivity contribution is 6.30. The van der Waals surface area contributed by atoms with Crippen molar-refractivity contribution in [2.24, 2.45) is 5.84 Å².